The van der Waals surface area contributed by atoms with Crippen LogP contribution < -0.4 is 5.32 Å². The van der Waals surface area contributed by atoms with E-state index in [2.05, 4.69) is 5.32 Å². The van der Waals surface area contributed by atoms with Gasteiger partial charge in [0.15, 0.2) is 11.6 Å². The molecule has 0 saturated heterocycles. The van der Waals surface area contributed by atoms with E-state index < -0.39 is 5.82 Å². The minimum Gasteiger partial charge on any atom is -0.505 e. The molecule has 0 spiro atoms. The second-order valence-corrected chi connectivity index (χ2v) is 3.98. The minimum atomic E-state index is -0.565. The molecule has 1 rings (SSSR count). The summed E-state index contributed by atoms with van der Waals surface area (Å²) in [7, 11) is 1.70. The lowest BCUT2D eigenvalue weighted by Gasteiger charge is -2.07. The van der Waals surface area contributed by atoms with Crippen molar-refractivity contribution in [3.05, 3.63) is 29.6 Å². The Morgan fingerprint density at radius 3 is 2.88 bits per heavy atom. The van der Waals surface area contributed by atoms with Crippen molar-refractivity contribution >= 4 is 0 Å². The Bertz CT molecular complexity index is 331. The van der Waals surface area contributed by atoms with E-state index in [0.717, 1.165) is 32.4 Å². The highest BCUT2D eigenvalue weighted by atomic mass is 19.1. The molecule has 1 aromatic carbocycles. The first-order valence-corrected chi connectivity index (χ1v) is 5.91. The van der Waals surface area contributed by atoms with E-state index in [-0.39, 0.29) is 5.75 Å². The van der Waals surface area contributed by atoms with Crippen LogP contribution in [0, 0.1) is 5.82 Å². The van der Waals surface area contributed by atoms with Crippen LogP contribution in [0.2, 0.25) is 0 Å². The van der Waals surface area contributed by atoms with E-state index in [1.54, 1.807) is 19.2 Å². The van der Waals surface area contributed by atoms with E-state index in [0.29, 0.717) is 12.1 Å². The Morgan fingerprint density at radius 1 is 1.29 bits per heavy atom. The van der Waals surface area contributed by atoms with Crippen LogP contribution in [0.15, 0.2) is 18.2 Å². The molecule has 0 radical (unpaired) electrons. The predicted molar refractivity (Wildman–Crippen MR) is 65.5 cm³/mol. The third-order valence-electron chi connectivity index (χ3n) is 2.59. The number of hydrogen-bond donors (Lipinski definition) is 2. The Hall–Kier alpha value is -1.13. The highest BCUT2D eigenvalue weighted by Gasteiger charge is 2.04. The number of rotatable bonds is 8. The third-order valence-corrected chi connectivity index (χ3v) is 2.59. The molecule has 0 atom stereocenters. The molecule has 4 heteroatoms. The minimum absolute atomic E-state index is 0.251. The standard InChI is InChI=1S/C13H20FNO2/c1-17-9-4-2-3-8-15-10-11-6-5-7-12(14)13(11)16/h5-7,15-16H,2-4,8-10H2,1H3. The first-order valence-electron chi connectivity index (χ1n) is 5.91. The molecule has 0 aliphatic carbocycles. The smallest absolute Gasteiger partial charge is 0.165 e. The molecule has 0 fully saturated rings. The Morgan fingerprint density at radius 2 is 2.12 bits per heavy atom. The summed E-state index contributed by atoms with van der Waals surface area (Å²) in [6.45, 7) is 2.15. The summed E-state index contributed by atoms with van der Waals surface area (Å²) in [6, 6.07) is 4.57. The van der Waals surface area contributed by atoms with Gasteiger partial charge in [-0.3, -0.25) is 0 Å². The average Bonchev–Trinajstić information content (AvgIpc) is 2.33. The van der Waals surface area contributed by atoms with Crippen LogP contribution in [-0.4, -0.2) is 25.4 Å². The fraction of sp³-hybridized carbons (Fsp3) is 0.538. The zero-order valence-electron chi connectivity index (χ0n) is 10.2. The second kappa shape index (κ2) is 8.03. The van der Waals surface area contributed by atoms with Gasteiger partial charge in [-0.2, -0.15) is 0 Å². The van der Waals surface area contributed by atoms with Gasteiger partial charge in [-0.25, -0.2) is 4.39 Å². The van der Waals surface area contributed by atoms with Gasteiger partial charge in [-0.15, -0.1) is 0 Å². The monoisotopic (exact) mass is 241 g/mol. The van der Waals surface area contributed by atoms with Crippen LogP contribution in [0.4, 0.5) is 4.39 Å². The van der Waals surface area contributed by atoms with E-state index in [9.17, 15) is 9.50 Å². The lowest BCUT2D eigenvalue weighted by Crippen LogP contribution is -2.15. The molecule has 0 unspecified atom stereocenters. The summed E-state index contributed by atoms with van der Waals surface area (Å²) < 4.78 is 18.0. The van der Waals surface area contributed by atoms with E-state index in [4.69, 9.17) is 4.74 Å². The maximum atomic E-state index is 13.0. The van der Waals surface area contributed by atoms with Crippen molar-refractivity contribution in [2.24, 2.45) is 0 Å². The number of hydrogen-bond acceptors (Lipinski definition) is 3. The number of ether oxygens (including phenoxy) is 1. The maximum Gasteiger partial charge on any atom is 0.165 e. The number of nitrogens with one attached hydrogen (secondary N) is 1. The Labute approximate surface area is 102 Å². The number of halogens is 1. The van der Waals surface area contributed by atoms with Crippen molar-refractivity contribution < 1.29 is 14.2 Å². The number of para-hydroxylation sites is 1. The first kappa shape index (κ1) is 13.9. The van der Waals surface area contributed by atoms with Gasteiger partial charge in [0, 0.05) is 25.8 Å². The van der Waals surface area contributed by atoms with Gasteiger partial charge >= 0.3 is 0 Å². The summed E-state index contributed by atoms with van der Waals surface area (Å²) in [5.74, 6) is -0.816. The van der Waals surface area contributed by atoms with Gasteiger partial charge in [0.05, 0.1) is 0 Å². The summed E-state index contributed by atoms with van der Waals surface area (Å²) in [6.07, 6.45) is 3.22. The Balaban J connectivity index is 2.16. The van der Waals surface area contributed by atoms with Crippen molar-refractivity contribution in [3.63, 3.8) is 0 Å². The predicted octanol–water partition coefficient (Wildman–Crippen LogP) is 2.44. The SMILES string of the molecule is COCCCCCNCc1cccc(F)c1O. The number of benzene rings is 1. The number of methoxy groups -OCH3 is 1. The van der Waals surface area contributed by atoms with Gasteiger partial charge < -0.3 is 15.2 Å². The van der Waals surface area contributed by atoms with Crippen LogP contribution in [-0.2, 0) is 11.3 Å². The normalized spacial score (nSPS) is 10.7. The van der Waals surface area contributed by atoms with Crippen LogP contribution >= 0.6 is 0 Å². The van der Waals surface area contributed by atoms with Crippen molar-refractivity contribution in [2.75, 3.05) is 20.3 Å². The van der Waals surface area contributed by atoms with Gasteiger partial charge in [0.1, 0.15) is 0 Å². The number of phenols is 1. The van der Waals surface area contributed by atoms with Crippen LogP contribution in [0.25, 0.3) is 0 Å². The number of unbranched alkanes of at least 4 members (excludes halogenated alkanes) is 2. The van der Waals surface area contributed by atoms with Crippen molar-refractivity contribution in [2.45, 2.75) is 25.8 Å². The van der Waals surface area contributed by atoms with Crippen molar-refractivity contribution in [1.82, 2.24) is 5.32 Å². The topological polar surface area (TPSA) is 41.5 Å². The van der Waals surface area contributed by atoms with Crippen LogP contribution in [0.1, 0.15) is 24.8 Å². The first-order chi connectivity index (χ1) is 8.25. The fourth-order valence-electron chi connectivity index (χ4n) is 1.60. The quantitative estimate of drug-likeness (QED) is 0.687. The van der Waals surface area contributed by atoms with Crippen molar-refractivity contribution in [1.29, 1.82) is 0 Å². The molecule has 0 saturated carbocycles. The zero-order valence-corrected chi connectivity index (χ0v) is 10.2. The number of phenolic OH excluding ortho intramolecular Hbond substituents is 1. The summed E-state index contributed by atoms with van der Waals surface area (Å²) in [4.78, 5) is 0. The third kappa shape index (κ3) is 5.15. The molecule has 17 heavy (non-hydrogen) atoms. The van der Waals surface area contributed by atoms with Crippen LogP contribution in [0.5, 0.6) is 5.75 Å². The molecule has 0 bridgehead atoms. The molecule has 2 N–H and O–H groups in total. The molecule has 1 aromatic rings. The highest BCUT2D eigenvalue weighted by molar-refractivity contribution is 5.33. The number of aromatic hydroxyl groups is 1. The fourth-order valence-corrected chi connectivity index (χ4v) is 1.60. The summed E-state index contributed by atoms with van der Waals surface area (Å²) in [5, 5.41) is 12.6. The molecule has 0 aliphatic heterocycles. The van der Waals surface area contributed by atoms with E-state index >= 15 is 0 Å². The molecule has 0 amide bonds. The highest BCUT2D eigenvalue weighted by Crippen LogP contribution is 2.20. The summed E-state index contributed by atoms with van der Waals surface area (Å²) in [5.41, 5.74) is 0.599. The molecule has 0 aliphatic rings. The molecule has 96 valence electrons. The average molecular weight is 241 g/mol. The van der Waals surface area contributed by atoms with Gasteiger partial charge in [-0.1, -0.05) is 12.1 Å². The lowest BCUT2D eigenvalue weighted by atomic mass is 10.2. The lowest BCUT2D eigenvalue weighted by molar-refractivity contribution is 0.192. The van der Waals surface area contributed by atoms with E-state index in [1.165, 1.54) is 6.07 Å². The molecule has 3 nitrogen and oxygen atoms in total. The second-order valence-electron chi connectivity index (χ2n) is 3.98. The van der Waals surface area contributed by atoms with E-state index in [1.807, 2.05) is 0 Å². The van der Waals surface area contributed by atoms with Gasteiger partial charge in [0.25, 0.3) is 0 Å². The zero-order chi connectivity index (χ0) is 12.5. The largest absolute Gasteiger partial charge is 0.505 e. The van der Waals surface area contributed by atoms with Crippen LogP contribution in [0.3, 0.4) is 0 Å². The molecule has 0 heterocycles. The Kier molecular flexibility index (Phi) is 6.58. The molecular formula is C13H20FNO2. The summed E-state index contributed by atoms with van der Waals surface area (Å²) >= 11 is 0. The maximum absolute atomic E-state index is 13.0. The van der Waals surface area contributed by atoms with Gasteiger partial charge in [0.2, 0.25) is 0 Å². The van der Waals surface area contributed by atoms with Gasteiger partial charge in [-0.05, 0) is 31.9 Å². The van der Waals surface area contributed by atoms with Crippen molar-refractivity contribution in [3.8, 4) is 5.75 Å². The molecule has 0 aromatic heterocycles. The molecular weight excluding hydrogens is 221 g/mol.